The summed E-state index contributed by atoms with van der Waals surface area (Å²) >= 11 is 0. The minimum Gasteiger partial charge on any atom is -0.368 e. The molecule has 0 bridgehead atoms. The molecule has 1 fully saturated rings. The first kappa shape index (κ1) is 17.5. The summed E-state index contributed by atoms with van der Waals surface area (Å²) in [6.45, 7) is 6.35. The molecular formula is C21H23FN4O. The van der Waals surface area contributed by atoms with E-state index in [2.05, 4.69) is 46.8 Å². The van der Waals surface area contributed by atoms with E-state index in [9.17, 15) is 9.18 Å². The van der Waals surface area contributed by atoms with Crippen molar-refractivity contribution in [1.82, 2.24) is 5.32 Å². The molecule has 5 nitrogen and oxygen atoms in total. The van der Waals surface area contributed by atoms with Crippen molar-refractivity contribution in [2.45, 2.75) is 25.9 Å². The van der Waals surface area contributed by atoms with Gasteiger partial charge in [-0.15, -0.1) is 0 Å². The van der Waals surface area contributed by atoms with Crippen LogP contribution in [-0.4, -0.2) is 31.1 Å². The fraction of sp³-hybridized carbons (Fsp3) is 0.286. The van der Waals surface area contributed by atoms with Crippen molar-refractivity contribution < 1.29 is 9.18 Å². The maximum Gasteiger partial charge on any atom is 0.257 e. The second-order valence-corrected chi connectivity index (χ2v) is 7.27. The summed E-state index contributed by atoms with van der Waals surface area (Å²) in [7, 11) is 0. The number of carbonyl (C=O) groups excluding carboxylic acids is 1. The first-order valence-electron chi connectivity index (χ1n) is 9.18. The van der Waals surface area contributed by atoms with Crippen molar-refractivity contribution in [1.29, 1.82) is 0 Å². The van der Waals surface area contributed by atoms with E-state index in [1.165, 1.54) is 17.8 Å². The zero-order chi connectivity index (χ0) is 19.0. The van der Waals surface area contributed by atoms with Crippen LogP contribution in [-0.2, 0) is 4.79 Å². The summed E-state index contributed by atoms with van der Waals surface area (Å²) in [5, 5.41) is 9.39. The van der Waals surface area contributed by atoms with Crippen molar-refractivity contribution in [2.75, 3.05) is 28.6 Å². The van der Waals surface area contributed by atoms with Crippen LogP contribution < -0.4 is 20.9 Å². The third-order valence-corrected chi connectivity index (χ3v) is 4.94. The van der Waals surface area contributed by atoms with Gasteiger partial charge in [0.2, 0.25) is 0 Å². The fourth-order valence-corrected chi connectivity index (χ4v) is 3.77. The number of benzene rings is 2. The molecule has 27 heavy (non-hydrogen) atoms. The number of fused-ring (bicyclic) bond motifs is 1. The fourth-order valence-electron chi connectivity index (χ4n) is 3.77. The number of piperazine rings is 1. The SMILES string of the molecule is CC1CN(c2ccc(NC=C3C(=O)Nc4cc(F)ccc43)cc2)CC(C)N1. The average molecular weight is 366 g/mol. The molecular weight excluding hydrogens is 343 g/mol. The summed E-state index contributed by atoms with van der Waals surface area (Å²) in [4.78, 5) is 14.5. The van der Waals surface area contributed by atoms with Crippen LogP contribution >= 0.6 is 0 Å². The molecule has 140 valence electrons. The highest BCUT2D eigenvalue weighted by atomic mass is 19.1. The van der Waals surface area contributed by atoms with E-state index in [4.69, 9.17) is 0 Å². The predicted octanol–water partition coefficient (Wildman–Crippen LogP) is 3.42. The molecule has 2 aliphatic heterocycles. The van der Waals surface area contributed by atoms with Crippen LogP contribution in [0, 0.1) is 5.82 Å². The van der Waals surface area contributed by atoms with E-state index < -0.39 is 0 Å². The highest BCUT2D eigenvalue weighted by Crippen LogP contribution is 2.32. The molecule has 2 aromatic carbocycles. The summed E-state index contributed by atoms with van der Waals surface area (Å²) in [6.07, 6.45) is 1.67. The Bertz CT molecular complexity index is 884. The van der Waals surface area contributed by atoms with Gasteiger partial charge >= 0.3 is 0 Å². The molecule has 1 amide bonds. The van der Waals surface area contributed by atoms with E-state index in [1.54, 1.807) is 12.3 Å². The summed E-state index contributed by atoms with van der Waals surface area (Å²) in [6, 6.07) is 13.4. The Morgan fingerprint density at radius 3 is 2.52 bits per heavy atom. The smallest absolute Gasteiger partial charge is 0.257 e. The normalized spacial score (nSPS) is 23.3. The van der Waals surface area contributed by atoms with Crippen LogP contribution in [0.4, 0.5) is 21.5 Å². The number of nitrogens with zero attached hydrogens (tertiary/aromatic N) is 1. The van der Waals surface area contributed by atoms with E-state index in [0.29, 0.717) is 28.9 Å². The zero-order valence-corrected chi connectivity index (χ0v) is 15.4. The highest BCUT2D eigenvalue weighted by Gasteiger charge is 2.24. The van der Waals surface area contributed by atoms with Gasteiger partial charge in [-0.05, 0) is 56.3 Å². The summed E-state index contributed by atoms with van der Waals surface area (Å²) < 4.78 is 13.3. The molecule has 1 saturated heterocycles. The molecule has 2 aliphatic rings. The van der Waals surface area contributed by atoms with Crippen molar-refractivity contribution >= 4 is 28.5 Å². The van der Waals surface area contributed by atoms with Crippen molar-refractivity contribution in [3.63, 3.8) is 0 Å². The first-order valence-corrected chi connectivity index (χ1v) is 9.18. The lowest BCUT2D eigenvalue weighted by Crippen LogP contribution is -2.54. The van der Waals surface area contributed by atoms with Gasteiger partial charge in [0.15, 0.2) is 0 Å². The lowest BCUT2D eigenvalue weighted by atomic mass is 10.1. The van der Waals surface area contributed by atoms with E-state index in [1.807, 2.05) is 12.1 Å². The van der Waals surface area contributed by atoms with Gasteiger partial charge in [-0.2, -0.15) is 0 Å². The van der Waals surface area contributed by atoms with Crippen LogP contribution in [0.3, 0.4) is 0 Å². The largest absolute Gasteiger partial charge is 0.368 e. The monoisotopic (exact) mass is 366 g/mol. The average Bonchev–Trinajstić information content (AvgIpc) is 2.93. The Hall–Kier alpha value is -2.86. The van der Waals surface area contributed by atoms with Crippen molar-refractivity contribution in [3.8, 4) is 0 Å². The second-order valence-electron chi connectivity index (χ2n) is 7.27. The molecule has 0 aliphatic carbocycles. The van der Waals surface area contributed by atoms with Crippen LogP contribution in [0.15, 0.2) is 48.7 Å². The molecule has 0 saturated carbocycles. The van der Waals surface area contributed by atoms with Gasteiger partial charge < -0.3 is 20.9 Å². The third kappa shape index (κ3) is 3.66. The lowest BCUT2D eigenvalue weighted by molar-refractivity contribution is -0.110. The van der Waals surface area contributed by atoms with Crippen LogP contribution in [0.1, 0.15) is 19.4 Å². The molecule has 3 N–H and O–H groups in total. The van der Waals surface area contributed by atoms with E-state index in [-0.39, 0.29) is 11.7 Å². The summed E-state index contributed by atoms with van der Waals surface area (Å²) in [5.74, 6) is -0.598. The molecule has 0 radical (unpaired) electrons. The van der Waals surface area contributed by atoms with E-state index >= 15 is 0 Å². The molecule has 2 unspecified atom stereocenters. The second kappa shape index (κ2) is 7.04. The number of carbonyl (C=O) groups is 1. The van der Waals surface area contributed by atoms with Crippen LogP contribution in [0.2, 0.25) is 0 Å². The Morgan fingerprint density at radius 1 is 1.11 bits per heavy atom. The van der Waals surface area contributed by atoms with Crippen molar-refractivity contribution in [2.24, 2.45) is 0 Å². The number of hydrogen-bond donors (Lipinski definition) is 3. The minimum atomic E-state index is -0.365. The highest BCUT2D eigenvalue weighted by molar-refractivity contribution is 6.31. The van der Waals surface area contributed by atoms with Gasteiger partial charge in [-0.1, -0.05) is 0 Å². The molecule has 2 aromatic rings. The standard InChI is InChI=1S/C21H23FN4O/c1-13-11-26(12-14(2)24-13)17-6-4-16(5-7-17)23-10-19-18-8-3-15(22)9-20(18)25-21(19)27/h3-10,13-14,23-24H,11-12H2,1-2H3,(H,25,27). The number of amides is 1. The Balaban J connectivity index is 1.48. The molecule has 0 spiro atoms. The number of halogens is 1. The number of rotatable bonds is 3. The first-order chi connectivity index (χ1) is 13.0. The number of anilines is 3. The molecule has 6 heteroatoms. The Morgan fingerprint density at radius 2 is 1.81 bits per heavy atom. The number of nitrogens with one attached hydrogen (secondary N) is 3. The maximum absolute atomic E-state index is 13.3. The predicted molar refractivity (Wildman–Crippen MR) is 107 cm³/mol. The lowest BCUT2D eigenvalue weighted by Gasteiger charge is -2.37. The Kier molecular flexibility index (Phi) is 4.58. The quantitative estimate of drug-likeness (QED) is 0.729. The van der Waals surface area contributed by atoms with E-state index in [0.717, 1.165) is 18.8 Å². The summed E-state index contributed by atoms with van der Waals surface area (Å²) in [5.41, 5.74) is 3.79. The van der Waals surface area contributed by atoms with Crippen molar-refractivity contribution in [3.05, 3.63) is 60.0 Å². The van der Waals surface area contributed by atoms with Gasteiger partial charge in [0.25, 0.3) is 5.91 Å². The maximum atomic E-state index is 13.3. The van der Waals surface area contributed by atoms with Gasteiger partial charge in [-0.3, -0.25) is 4.79 Å². The van der Waals surface area contributed by atoms with Gasteiger partial charge in [0, 0.05) is 48.3 Å². The molecule has 2 atom stereocenters. The van der Waals surface area contributed by atoms with Crippen LogP contribution in [0.5, 0.6) is 0 Å². The van der Waals surface area contributed by atoms with Gasteiger partial charge in [-0.25, -0.2) is 4.39 Å². The topological polar surface area (TPSA) is 56.4 Å². The number of hydrogen-bond acceptors (Lipinski definition) is 4. The third-order valence-electron chi connectivity index (χ3n) is 4.94. The Labute approximate surface area is 158 Å². The minimum absolute atomic E-state index is 0.233. The van der Waals surface area contributed by atoms with Gasteiger partial charge in [0.1, 0.15) is 5.82 Å². The molecule has 0 aromatic heterocycles. The van der Waals surface area contributed by atoms with Crippen LogP contribution in [0.25, 0.3) is 5.57 Å². The zero-order valence-electron chi connectivity index (χ0n) is 15.4. The van der Waals surface area contributed by atoms with Gasteiger partial charge in [0.05, 0.1) is 11.3 Å². The molecule has 4 rings (SSSR count). The molecule has 2 heterocycles.